The van der Waals surface area contributed by atoms with Gasteiger partial charge in [0.2, 0.25) is 0 Å². The Morgan fingerprint density at radius 3 is 2.78 bits per heavy atom. The SMILES string of the molecule is COC(=O)c1ccc(NNC(=O)c2ccc3cc[nH]c3n2)nc1. The molecule has 0 saturated heterocycles. The molecule has 0 atom stereocenters. The maximum absolute atomic E-state index is 12.1. The minimum absolute atomic E-state index is 0.263. The average molecular weight is 311 g/mol. The van der Waals surface area contributed by atoms with Crippen LogP contribution >= 0.6 is 0 Å². The molecule has 3 heterocycles. The molecule has 0 spiro atoms. The molecule has 0 radical (unpaired) electrons. The molecule has 23 heavy (non-hydrogen) atoms. The summed E-state index contributed by atoms with van der Waals surface area (Å²) in [6.07, 6.45) is 3.11. The summed E-state index contributed by atoms with van der Waals surface area (Å²) >= 11 is 0. The van der Waals surface area contributed by atoms with Crippen LogP contribution in [0, 0.1) is 0 Å². The minimum atomic E-state index is -0.475. The molecule has 3 aromatic rings. The Morgan fingerprint density at radius 1 is 1.17 bits per heavy atom. The molecule has 0 aromatic carbocycles. The highest BCUT2D eigenvalue weighted by molar-refractivity contribution is 5.95. The van der Waals surface area contributed by atoms with E-state index >= 15 is 0 Å². The van der Waals surface area contributed by atoms with Gasteiger partial charge < -0.3 is 9.72 Å². The smallest absolute Gasteiger partial charge is 0.339 e. The number of fused-ring (bicyclic) bond motifs is 1. The molecular weight excluding hydrogens is 298 g/mol. The highest BCUT2D eigenvalue weighted by Crippen LogP contribution is 2.10. The molecule has 0 saturated carbocycles. The predicted molar refractivity (Wildman–Crippen MR) is 82.8 cm³/mol. The van der Waals surface area contributed by atoms with Crippen LogP contribution in [0.25, 0.3) is 11.0 Å². The first kappa shape index (κ1) is 14.5. The number of anilines is 1. The average Bonchev–Trinajstić information content (AvgIpc) is 3.07. The lowest BCUT2D eigenvalue weighted by molar-refractivity contribution is 0.0600. The number of aromatic nitrogens is 3. The zero-order valence-electron chi connectivity index (χ0n) is 12.2. The second-order valence-electron chi connectivity index (χ2n) is 4.61. The Hall–Kier alpha value is -3.42. The van der Waals surface area contributed by atoms with Gasteiger partial charge in [0, 0.05) is 17.8 Å². The van der Waals surface area contributed by atoms with Gasteiger partial charge in [-0.1, -0.05) is 0 Å². The third-order valence-electron chi connectivity index (χ3n) is 3.13. The van der Waals surface area contributed by atoms with Gasteiger partial charge in [-0.2, -0.15) is 0 Å². The Balaban J connectivity index is 1.65. The number of carbonyl (C=O) groups is 2. The summed E-state index contributed by atoms with van der Waals surface area (Å²) in [5.41, 5.74) is 6.37. The maximum Gasteiger partial charge on any atom is 0.339 e. The third-order valence-corrected chi connectivity index (χ3v) is 3.13. The first-order valence-electron chi connectivity index (χ1n) is 6.72. The van der Waals surface area contributed by atoms with E-state index in [1.54, 1.807) is 24.4 Å². The third kappa shape index (κ3) is 3.10. The Labute approximate surface area is 130 Å². The fourth-order valence-electron chi connectivity index (χ4n) is 1.95. The normalized spacial score (nSPS) is 10.3. The molecule has 0 aliphatic rings. The van der Waals surface area contributed by atoms with Crippen LogP contribution < -0.4 is 10.9 Å². The van der Waals surface area contributed by atoms with Crippen LogP contribution in [-0.4, -0.2) is 33.9 Å². The van der Waals surface area contributed by atoms with E-state index in [1.165, 1.54) is 19.4 Å². The van der Waals surface area contributed by atoms with Gasteiger partial charge in [0.05, 0.1) is 12.7 Å². The van der Waals surface area contributed by atoms with Crippen LogP contribution in [0.15, 0.2) is 42.7 Å². The number of ether oxygens (including phenoxy) is 1. The number of hydrogen-bond donors (Lipinski definition) is 3. The largest absolute Gasteiger partial charge is 0.465 e. The van der Waals surface area contributed by atoms with Gasteiger partial charge in [0.1, 0.15) is 17.2 Å². The first-order valence-corrected chi connectivity index (χ1v) is 6.72. The number of pyridine rings is 2. The number of carbonyl (C=O) groups excluding carboxylic acids is 2. The molecule has 1 amide bonds. The van der Waals surface area contributed by atoms with Crippen molar-refractivity contribution in [3.63, 3.8) is 0 Å². The van der Waals surface area contributed by atoms with Gasteiger partial charge in [-0.3, -0.25) is 15.6 Å². The van der Waals surface area contributed by atoms with Crippen molar-refractivity contribution in [2.45, 2.75) is 0 Å². The highest BCUT2D eigenvalue weighted by atomic mass is 16.5. The van der Waals surface area contributed by atoms with Crippen LogP contribution in [0.1, 0.15) is 20.8 Å². The summed E-state index contributed by atoms with van der Waals surface area (Å²) in [4.78, 5) is 34.5. The first-order chi connectivity index (χ1) is 11.2. The number of methoxy groups -OCH3 is 1. The van der Waals surface area contributed by atoms with Gasteiger partial charge in [-0.05, 0) is 30.3 Å². The number of hydrogen-bond acceptors (Lipinski definition) is 6. The van der Waals surface area contributed by atoms with Crippen molar-refractivity contribution in [3.05, 3.63) is 54.0 Å². The molecule has 0 unspecified atom stereocenters. The van der Waals surface area contributed by atoms with Crippen molar-refractivity contribution in [3.8, 4) is 0 Å². The number of H-pyrrole nitrogens is 1. The Bertz CT molecular complexity index is 857. The molecule has 0 bridgehead atoms. The van der Waals surface area contributed by atoms with Crippen LogP contribution in [0.5, 0.6) is 0 Å². The van der Waals surface area contributed by atoms with Crippen molar-refractivity contribution in [2.24, 2.45) is 0 Å². The zero-order valence-corrected chi connectivity index (χ0v) is 12.2. The minimum Gasteiger partial charge on any atom is -0.465 e. The Kier molecular flexibility index (Phi) is 3.88. The number of nitrogens with zero attached hydrogens (tertiary/aromatic N) is 2. The van der Waals surface area contributed by atoms with E-state index in [0.717, 1.165) is 5.39 Å². The van der Waals surface area contributed by atoms with E-state index in [-0.39, 0.29) is 5.69 Å². The molecule has 3 N–H and O–H groups in total. The number of nitrogens with one attached hydrogen (secondary N) is 3. The van der Waals surface area contributed by atoms with E-state index < -0.39 is 11.9 Å². The topological polar surface area (TPSA) is 109 Å². The molecular formula is C15H13N5O3. The summed E-state index contributed by atoms with van der Waals surface area (Å²) in [6.45, 7) is 0. The van der Waals surface area contributed by atoms with E-state index in [4.69, 9.17) is 0 Å². The van der Waals surface area contributed by atoms with Gasteiger partial charge in [0.15, 0.2) is 0 Å². The fourth-order valence-corrected chi connectivity index (χ4v) is 1.95. The van der Waals surface area contributed by atoms with Crippen LogP contribution in [0.3, 0.4) is 0 Å². The molecule has 3 aromatic heterocycles. The van der Waals surface area contributed by atoms with Crippen molar-refractivity contribution in [1.29, 1.82) is 0 Å². The second kappa shape index (κ2) is 6.14. The van der Waals surface area contributed by atoms with Crippen molar-refractivity contribution in [1.82, 2.24) is 20.4 Å². The van der Waals surface area contributed by atoms with Gasteiger partial charge in [-0.15, -0.1) is 0 Å². The fraction of sp³-hybridized carbons (Fsp3) is 0.0667. The standard InChI is InChI=1S/C15H13N5O3/c1-23-15(22)10-3-5-12(17-8-10)19-20-14(21)11-4-2-9-6-7-16-13(9)18-11/h2-8H,1H3,(H,16,18)(H,17,19)(H,20,21). The van der Waals surface area contributed by atoms with E-state index in [1.807, 2.05) is 6.07 Å². The number of rotatable bonds is 4. The molecule has 0 aliphatic carbocycles. The number of esters is 1. The van der Waals surface area contributed by atoms with E-state index in [9.17, 15) is 9.59 Å². The van der Waals surface area contributed by atoms with Gasteiger partial charge in [-0.25, -0.2) is 14.8 Å². The predicted octanol–water partition coefficient (Wildman–Crippen LogP) is 1.50. The van der Waals surface area contributed by atoms with Crippen molar-refractivity contribution in [2.75, 3.05) is 12.5 Å². The molecule has 3 rings (SSSR count). The van der Waals surface area contributed by atoms with Crippen LogP contribution in [0.4, 0.5) is 5.82 Å². The summed E-state index contributed by atoms with van der Waals surface area (Å²) in [5, 5.41) is 0.926. The highest BCUT2D eigenvalue weighted by Gasteiger charge is 2.09. The molecule has 116 valence electrons. The molecule has 8 heteroatoms. The summed E-state index contributed by atoms with van der Waals surface area (Å²) in [5.74, 6) is -0.496. The number of hydrazine groups is 1. The lowest BCUT2D eigenvalue weighted by Gasteiger charge is -2.07. The molecule has 8 nitrogen and oxygen atoms in total. The van der Waals surface area contributed by atoms with Gasteiger partial charge in [0.25, 0.3) is 5.91 Å². The lowest BCUT2D eigenvalue weighted by atomic mass is 10.3. The second-order valence-corrected chi connectivity index (χ2v) is 4.61. The van der Waals surface area contributed by atoms with Crippen LogP contribution in [-0.2, 0) is 4.74 Å². The maximum atomic E-state index is 12.1. The zero-order chi connectivity index (χ0) is 16.2. The lowest BCUT2D eigenvalue weighted by Crippen LogP contribution is -2.30. The monoisotopic (exact) mass is 311 g/mol. The number of amides is 1. The Morgan fingerprint density at radius 2 is 2.04 bits per heavy atom. The van der Waals surface area contributed by atoms with E-state index in [0.29, 0.717) is 17.0 Å². The summed E-state index contributed by atoms with van der Waals surface area (Å²) < 4.78 is 4.58. The van der Waals surface area contributed by atoms with Crippen molar-refractivity contribution >= 4 is 28.7 Å². The quantitative estimate of drug-likeness (QED) is 0.497. The summed E-state index contributed by atoms with van der Waals surface area (Å²) in [6, 6.07) is 8.39. The number of aromatic amines is 1. The van der Waals surface area contributed by atoms with E-state index in [2.05, 4.69) is 30.5 Å². The summed E-state index contributed by atoms with van der Waals surface area (Å²) in [7, 11) is 1.29. The molecule has 0 aliphatic heterocycles. The van der Waals surface area contributed by atoms with Crippen molar-refractivity contribution < 1.29 is 14.3 Å². The van der Waals surface area contributed by atoms with Crippen LogP contribution in [0.2, 0.25) is 0 Å². The molecule has 0 fully saturated rings. The van der Waals surface area contributed by atoms with Gasteiger partial charge >= 0.3 is 5.97 Å².